The first-order valence-electron chi connectivity index (χ1n) is 5.36. The highest BCUT2D eigenvalue weighted by Crippen LogP contribution is 2.20. The average molecular weight is 237 g/mol. The number of benzene rings is 1. The first-order valence-corrected chi connectivity index (χ1v) is 6.34. The lowest BCUT2D eigenvalue weighted by molar-refractivity contribution is -0.135. The minimum absolute atomic E-state index is 0.165. The molecule has 1 amide bonds. The van der Waals surface area contributed by atoms with Crippen LogP contribution in [0.5, 0.6) is 0 Å². The van der Waals surface area contributed by atoms with Gasteiger partial charge in [0.2, 0.25) is 5.91 Å². The summed E-state index contributed by atoms with van der Waals surface area (Å²) in [6.07, 6.45) is 0. The van der Waals surface area contributed by atoms with E-state index in [0.29, 0.717) is 24.8 Å². The Balaban J connectivity index is 1.73. The van der Waals surface area contributed by atoms with Crippen LogP contribution in [0.1, 0.15) is 0 Å². The van der Waals surface area contributed by atoms with Gasteiger partial charge in [-0.15, -0.1) is 11.8 Å². The third kappa shape index (κ3) is 2.77. The highest BCUT2D eigenvalue weighted by atomic mass is 32.2. The summed E-state index contributed by atoms with van der Waals surface area (Å²) in [5, 5.41) is 8.85. The van der Waals surface area contributed by atoms with Crippen molar-refractivity contribution in [2.75, 3.05) is 25.4 Å². The van der Waals surface area contributed by atoms with Crippen LogP contribution in [-0.4, -0.2) is 41.4 Å². The Kier molecular flexibility index (Phi) is 3.85. The molecule has 0 spiro atoms. The minimum atomic E-state index is 0.165. The van der Waals surface area contributed by atoms with E-state index < -0.39 is 0 Å². The normalized spacial score (nSPS) is 15.9. The predicted octanol–water partition coefficient (Wildman–Crippen LogP) is 1.23. The summed E-state index contributed by atoms with van der Waals surface area (Å²) in [4.78, 5) is 14.6. The van der Waals surface area contributed by atoms with Crippen LogP contribution in [0.15, 0.2) is 35.2 Å². The number of likely N-dealkylation sites (tertiary alicyclic amines) is 1. The van der Waals surface area contributed by atoms with E-state index in [4.69, 9.17) is 5.11 Å². The second kappa shape index (κ2) is 5.37. The van der Waals surface area contributed by atoms with Gasteiger partial charge >= 0.3 is 0 Å². The Morgan fingerprint density at radius 3 is 2.69 bits per heavy atom. The number of aliphatic hydroxyl groups is 1. The molecule has 16 heavy (non-hydrogen) atoms. The summed E-state index contributed by atoms with van der Waals surface area (Å²) in [5.41, 5.74) is 0. The Morgan fingerprint density at radius 2 is 2.06 bits per heavy atom. The van der Waals surface area contributed by atoms with Crippen molar-refractivity contribution in [3.63, 3.8) is 0 Å². The first kappa shape index (κ1) is 11.5. The molecule has 86 valence electrons. The third-order valence-corrected chi connectivity index (χ3v) is 3.67. The maximum atomic E-state index is 11.7. The van der Waals surface area contributed by atoms with Crippen molar-refractivity contribution in [3.05, 3.63) is 30.3 Å². The van der Waals surface area contributed by atoms with Crippen LogP contribution in [0.4, 0.5) is 0 Å². The molecule has 0 atom stereocenters. The standard InChI is InChI=1S/C12H15NO2S/c14-8-10-6-13(7-10)12(15)9-16-11-4-2-1-3-5-11/h1-5,10,14H,6-9H2. The molecule has 1 fully saturated rings. The van der Waals surface area contributed by atoms with Gasteiger partial charge in [0.15, 0.2) is 0 Å². The molecule has 1 aliphatic rings. The van der Waals surface area contributed by atoms with E-state index in [-0.39, 0.29) is 12.5 Å². The topological polar surface area (TPSA) is 40.5 Å². The van der Waals surface area contributed by atoms with Crippen molar-refractivity contribution in [1.29, 1.82) is 0 Å². The van der Waals surface area contributed by atoms with Gasteiger partial charge in [-0.2, -0.15) is 0 Å². The number of nitrogens with zero attached hydrogens (tertiary/aromatic N) is 1. The smallest absolute Gasteiger partial charge is 0.232 e. The number of thioether (sulfide) groups is 1. The maximum absolute atomic E-state index is 11.7. The summed E-state index contributed by atoms with van der Waals surface area (Å²) in [5.74, 6) is 0.951. The molecule has 3 nitrogen and oxygen atoms in total. The van der Waals surface area contributed by atoms with Crippen LogP contribution in [0.3, 0.4) is 0 Å². The van der Waals surface area contributed by atoms with Gasteiger partial charge in [0.25, 0.3) is 0 Å². The van der Waals surface area contributed by atoms with E-state index in [1.54, 1.807) is 16.7 Å². The zero-order chi connectivity index (χ0) is 11.4. The van der Waals surface area contributed by atoms with Gasteiger partial charge in [-0.1, -0.05) is 18.2 Å². The molecule has 0 unspecified atom stereocenters. The van der Waals surface area contributed by atoms with Crippen molar-refractivity contribution < 1.29 is 9.90 Å². The lowest BCUT2D eigenvalue weighted by Crippen LogP contribution is -2.51. The summed E-state index contributed by atoms with van der Waals surface area (Å²) in [7, 11) is 0. The highest BCUT2D eigenvalue weighted by molar-refractivity contribution is 8.00. The fourth-order valence-electron chi connectivity index (χ4n) is 1.64. The fourth-order valence-corrected chi connectivity index (χ4v) is 2.46. The number of rotatable bonds is 4. The summed E-state index contributed by atoms with van der Waals surface area (Å²) in [6.45, 7) is 1.62. The van der Waals surface area contributed by atoms with Crippen LogP contribution in [0, 0.1) is 5.92 Å². The molecular weight excluding hydrogens is 222 g/mol. The van der Waals surface area contributed by atoms with Crippen LogP contribution in [0.25, 0.3) is 0 Å². The average Bonchev–Trinajstić information content (AvgIpc) is 2.26. The van der Waals surface area contributed by atoms with E-state index in [0.717, 1.165) is 4.90 Å². The Hall–Kier alpha value is -1.00. The number of hydrogen-bond acceptors (Lipinski definition) is 3. The van der Waals surface area contributed by atoms with Gasteiger partial charge in [0, 0.05) is 30.5 Å². The summed E-state index contributed by atoms with van der Waals surface area (Å²) < 4.78 is 0. The van der Waals surface area contributed by atoms with Gasteiger partial charge in [-0.25, -0.2) is 0 Å². The van der Waals surface area contributed by atoms with E-state index in [1.165, 1.54) is 0 Å². The van der Waals surface area contributed by atoms with Crippen molar-refractivity contribution >= 4 is 17.7 Å². The molecule has 1 aromatic rings. The molecular formula is C12H15NO2S. The quantitative estimate of drug-likeness (QED) is 0.801. The van der Waals surface area contributed by atoms with Crippen molar-refractivity contribution in [3.8, 4) is 0 Å². The van der Waals surface area contributed by atoms with Crippen molar-refractivity contribution in [2.45, 2.75) is 4.90 Å². The van der Waals surface area contributed by atoms with Gasteiger partial charge in [0.05, 0.1) is 5.75 Å². The number of amides is 1. The molecule has 0 radical (unpaired) electrons. The lowest BCUT2D eigenvalue weighted by Gasteiger charge is -2.38. The Morgan fingerprint density at radius 1 is 1.38 bits per heavy atom. The molecule has 0 aromatic heterocycles. The second-order valence-electron chi connectivity index (χ2n) is 3.95. The zero-order valence-electron chi connectivity index (χ0n) is 9.00. The number of aliphatic hydroxyl groups excluding tert-OH is 1. The molecule has 4 heteroatoms. The molecule has 1 N–H and O–H groups in total. The predicted molar refractivity (Wildman–Crippen MR) is 64.3 cm³/mol. The first-order chi connectivity index (χ1) is 7.79. The zero-order valence-corrected chi connectivity index (χ0v) is 9.82. The van der Waals surface area contributed by atoms with Crippen molar-refractivity contribution in [1.82, 2.24) is 4.90 Å². The van der Waals surface area contributed by atoms with Crippen LogP contribution >= 0.6 is 11.8 Å². The van der Waals surface area contributed by atoms with E-state index in [9.17, 15) is 4.79 Å². The molecule has 0 bridgehead atoms. The van der Waals surface area contributed by atoms with E-state index in [1.807, 2.05) is 30.3 Å². The number of hydrogen-bond donors (Lipinski definition) is 1. The van der Waals surface area contributed by atoms with Gasteiger partial charge in [0.1, 0.15) is 0 Å². The maximum Gasteiger partial charge on any atom is 0.232 e. The number of carbonyl (C=O) groups is 1. The Labute approximate surface area is 99.5 Å². The van der Waals surface area contributed by atoms with Gasteiger partial charge in [-0.05, 0) is 12.1 Å². The molecule has 0 aliphatic carbocycles. The van der Waals surface area contributed by atoms with Crippen molar-refractivity contribution in [2.24, 2.45) is 5.92 Å². The molecule has 2 rings (SSSR count). The summed E-state index contributed by atoms with van der Waals surface area (Å²) in [6, 6.07) is 9.92. The fraction of sp³-hybridized carbons (Fsp3) is 0.417. The van der Waals surface area contributed by atoms with Crippen LogP contribution < -0.4 is 0 Å². The van der Waals surface area contributed by atoms with Gasteiger partial charge in [-0.3, -0.25) is 4.79 Å². The van der Waals surface area contributed by atoms with Crippen LogP contribution in [-0.2, 0) is 4.79 Å². The SMILES string of the molecule is O=C(CSc1ccccc1)N1CC(CO)C1. The second-order valence-corrected chi connectivity index (χ2v) is 5.00. The molecule has 1 aliphatic heterocycles. The van der Waals surface area contributed by atoms with Crippen LogP contribution in [0.2, 0.25) is 0 Å². The minimum Gasteiger partial charge on any atom is -0.396 e. The van der Waals surface area contributed by atoms with E-state index in [2.05, 4.69) is 0 Å². The third-order valence-electron chi connectivity index (χ3n) is 2.67. The molecule has 0 saturated carbocycles. The molecule has 1 heterocycles. The van der Waals surface area contributed by atoms with E-state index >= 15 is 0 Å². The largest absolute Gasteiger partial charge is 0.396 e. The van der Waals surface area contributed by atoms with Gasteiger partial charge < -0.3 is 10.0 Å². The lowest BCUT2D eigenvalue weighted by atomic mass is 10.0. The summed E-state index contributed by atoms with van der Waals surface area (Å²) >= 11 is 1.56. The molecule has 1 aromatic carbocycles. The highest BCUT2D eigenvalue weighted by Gasteiger charge is 2.29. The monoisotopic (exact) mass is 237 g/mol. The number of carbonyl (C=O) groups excluding carboxylic acids is 1. The molecule has 1 saturated heterocycles. The Bertz CT molecular complexity index is 349.